The van der Waals surface area contributed by atoms with E-state index in [-0.39, 0.29) is 19.1 Å². The molecule has 1 amide bonds. The van der Waals surface area contributed by atoms with E-state index in [4.69, 9.17) is 15.6 Å². The number of carbonyl (C=O) groups excluding carboxylic acids is 1. The van der Waals surface area contributed by atoms with Crippen molar-refractivity contribution in [1.29, 1.82) is 0 Å². The van der Waals surface area contributed by atoms with Gasteiger partial charge in [0, 0.05) is 6.54 Å². The quantitative estimate of drug-likeness (QED) is 0.812. The van der Waals surface area contributed by atoms with Gasteiger partial charge in [0.25, 0.3) is 0 Å². The third kappa shape index (κ3) is 4.03. The number of morpholine rings is 1. The minimum atomic E-state index is -1.06. The molecule has 1 aromatic carbocycles. The topological polar surface area (TPSA) is 92.9 Å². The molecule has 2 atom stereocenters. The van der Waals surface area contributed by atoms with Gasteiger partial charge >= 0.3 is 5.97 Å². The summed E-state index contributed by atoms with van der Waals surface area (Å²) in [7, 11) is 0. The highest BCUT2D eigenvalue weighted by Gasteiger charge is 2.34. The van der Waals surface area contributed by atoms with E-state index in [9.17, 15) is 9.59 Å². The number of hydrogen-bond acceptors (Lipinski definition) is 4. The van der Waals surface area contributed by atoms with Crippen LogP contribution in [0.2, 0.25) is 0 Å². The van der Waals surface area contributed by atoms with Crippen LogP contribution in [0.1, 0.15) is 12.0 Å². The van der Waals surface area contributed by atoms with Crippen molar-refractivity contribution in [2.75, 3.05) is 19.8 Å². The summed E-state index contributed by atoms with van der Waals surface area (Å²) >= 11 is 0. The highest BCUT2D eigenvalue weighted by atomic mass is 16.5. The molecule has 114 valence electrons. The molecule has 6 heteroatoms. The summed E-state index contributed by atoms with van der Waals surface area (Å²) < 4.78 is 5.12. The van der Waals surface area contributed by atoms with Gasteiger partial charge in [-0.3, -0.25) is 4.79 Å². The van der Waals surface area contributed by atoms with Crippen molar-refractivity contribution in [2.24, 2.45) is 5.73 Å². The highest BCUT2D eigenvalue weighted by molar-refractivity contribution is 5.87. The molecule has 21 heavy (non-hydrogen) atoms. The van der Waals surface area contributed by atoms with Crippen molar-refractivity contribution in [3.05, 3.63) is 35.9 Å². The number of hydrogen-bond donors (Lipinski definition) is 2. The van der Waals surface area contributed by atoms with Crippen LogP contribution < -0.4 is 5.73 Å². The summed E-state index contributed by atoms with van der Waals surface area (Å²) in [6, 6.07) is 8.13. The molecule has 0 saturated carbocycles. The first kappa shape index (κ1) is 15.5. The zero-order chi connectivity index (χ0) is 15.2. The van der Waals surface area contributed by atoms with Gasteiger partial charge in [-0.2, -0.15) is 0 Å². The smallest absolute Gasteiger partial charge is 0.328 e. The summed E-state index contributed by atoms with van der Waals surface area (Å²) in [5.74, 6) is -1.38. The molecule has 0 aromatic heterocycles. The van der Waals surface area contributed by atoms with E-state index >= 15 is 0 Å². The predicted octanol–water partition coefficient (Wildman–Crippen LogP) is 0.258. The number of aryl methyl sites for hydroxylation is 1. The van der Waals surface area contributed by atoms with Crippen molar-refractivity contribution in [3.8, 4) is 0 Å². The van der Waals surface area contributed by atoms with Crippen molar-refractivity contribution >= 4 is 11.9 Å². The number of benzene rings is 1. The molecule has 0 radical (unpaired) electrons. The lowest BCUT2D eigenvalue weighted by atomic mass is 10.0. The van der Waals surface area contributed by atoms with Crippen LogP contribution in [0.4, 0.5) is 0 Å². The van der Waals surface area contributed by atoms with Crippen LogP contribution in [0.15, 0.2) is 30.3 Å². The van der Waals surface area contributed by atoms with E-state index in [2.05, 4.69) is 0 Å². The molecule has 6 nitrogen and oxygen atoms in total. The molecule has 1 aliphatic heterocycles. The highest BCUT2D eigenvalue weighted by Crippen LogP contribution is 2.11. The molecular formula is C15H20N2O4. The standard InChI is InChI=1S/C15H20N2O4/c16-12(7-6-11-4-2-1-3-5-11)14(18)17-8-9-21-10-13(17)15(19)20/h1-5,12-13H,6-10,16H2,(H,19,20)/t12-,13?/m0/s1. The summed E-state index contributed by atoms with van der Waals surface area (Å²) in [4.78, 5) is 24.8. The van der Waals surface area contributed by atoms with Gasteiger partial charge in [0.1, 0.15) is 0 Å². The molecule has 1 fully saturated rings. The zero-order valence-electron chi connectivity index (χ0n) is 11.8. The molecule has 1 unspecified atom stereocenters. The molecule has 0 aliphatic carbocycles. The number of aliphatic carboxylic acids is 1. The maximum absolute atomic E-state index is 12.3. The van der Waals surface area contributed by atoms with E-state index in [0.717, 1.165) is 5.56 Å². The minimum absolute atomic E-state index is 0.0203. The van der Waals surface area contributed by atoms with E-state index in [1.54, 1.807) is 0 Å². The molecule has 1 heterocycles. The number of nitrogens with zero attached hydrogens (tertiary/aromatic N) is 1. The van der Waals surface area contributed by atoms with Crippen LogP contribution in [-0.4, -0.2) is 53.7 Å². The van der Waals surface area contributed by atoms with Crippen molar-refractivity contribution in [3.63, 3.8) is 0 Å². The lowest BCUT2D eigenvalue weighted by molar-refractivity contribution is -0.158. The first-order chi connectivity index (χ1) is 10.1. The second kappa shape index (κ2) is 7.19. The van der Waals surface area contributed by atoms with Crippen LogP contribution in [0.25, 0.3) is 0 Å². The Hall–Kier alpha value is -1.92. The molecule has 1 aliphatic rings. The van der Waals surface area contributed by atoms with Gasteiger partial charge in [-0.25, -0.2) is 4.79 Å². The van der Waals surface area contributed by atoms with E-state index in [0.29, 0.717) is 19.4 Å². The van der Waals surface area contributed by atoms with Crippen molar-refractivity contribution < 1.29 is 19.4 Å². The Bertz CT molecular complexity index is 492. The summed E-state index contributed by atoms with van der Waals surface area (Å²) in [5, 5.41) is 9.13. The summed E-state index contributed by atoms with van der Waals surface area (Å²) in [5.41, 5.74) is 7.04. The summed E-state index contributed by atoms with van der Waals surface area (Å²) in [6.07, 6.45) is 1.18. The third-order valence-corrected chi connectivity index (χ3v) is 3.60. The maximum Gasteiger partial charge on any atom is 0.328 e. The molecule has 1 saturated heterocycles. The van der Waals surface area contributed by atoms with Gasteiger partial charge in [0.2, 0.25) is 5.91 Å². The molecular weight excluding hydrogens is 272 g/mol. The Kier molecular flexibility index (Phi) is 5.30. The minimum Gasteiger partial charge on any atom is -0.480 e. The number of carbonyl (C=O) groups is 2. The van der Waals surface area contributed by atoms with Gasteiger partial charge < -0.3 is 20.5 Å². The fourth-order valence-corrected chi connectivity index (χ4v) is 2.38. The van der Waals surface area contributed by atoms with Gasteiger partial charge in [0.15, 0.2) is 6.04 Å². The Morgan fingerprint density at radius 2 is 2.10 bits per heavy atom. The van der Waals surface area contributed by atoms with Gasteiger partial charge in [-0.15, -0.1) is 0 Å². The first-order valence-electron chi connectivity index (χ1n) is 7.00. The fraction of sp³-hybridized carbons (Fsp3) is 0.467. The Balaban J connectivity index is 1.93. The summed E-state index contributed by atoms with van der Waals surface area (Å²) in [6.45, 7) is 0.641. The lowest BCUT2D eigenvalue weighted by Crippen LogP contribution is -2.56. The monoisotopic (exact) mass is 292 g/mol. The Morgan fingerprint density at radius 1 is 1.38 bits per heavy atom. The normalized spacial score (nSPS) is 20.0. The first-order valence-corrected chi connectivity index (χ1v) is 7.00. The Labute approximate surface area is 123 Å². The van der Waals surface area contributed by atoms with Gasteiger partial charge in [0.05, 0.1) is 19.3 Å². The second-order valence-corrected chi connectivity index (χ2v) is 5.09. The van der Waals surface area contributed by atoms with E-state index in [1.165, 1.54) is 4.90 Å². The third-order valence-electron chi connectivity index (χ3n) is 3.60. The largest absolute Gasteiger partial charge is 0.480 e. The molecule has 0 spiro atoms. The SMILES string of the molecule is N[C@@H](CCc1ccccc1)C(=O)N1CCOCC1C(=O)O. The average molecular weight is 292 g/mol. The van der Waals surface area contributed by atoms with Crippen LogP contribution >= 0.6 is 0 Å². The second-order valence-electron chi connectivity index (χ2n) is 5.09. The number of nitrogens with two attached hydrogens (primary N) is 1. The van der Waals surface area contributed by atoms with Crippen LogP contribution in [0.3, 0.4) is 0 Å². The van der Waals surface area contributed by atoms with Gasteiger partial charge in [-0.1, -0.05) is 30.3 Å². The van der Waals surface area contributed by atoms with E-state index < -0.39 is 18.1 Å². The lowest BCUT2D eigenvalue weighted by Gasteiger charge is -2.34. The molecule has 0 bridgehead atoms. The molecule has 1 aromatic rings. The number of carboxylic acids is 1. The number of amides is 1. The fourth-order valence-electron chi connectivity index (χ4n) is 2.38. The number of carboxylic acid groups (broad SMARTS) is 1. The van der Waals surface area contributed by atoms with Crippen molar-refractivity contribution in [1.82, 2.24) is 4.90 Å². The van der Waals surface area contributed by atoms with Crippen molar-refractivity contribution in [2.45, 2.75) is 24.9 Å². The number of rotatable bonds is 5. The van der Waals surface area contributed by atoms with Crippen LogP contribution in [-0.2, 0) is 20.7 Å². The van der Waals surface area contributed by atoms with E-state index in [1.807, 2.05) is 30.3 Å². The predicted molar refractivity (Wildman–Crippen MR) is 76.7 cm³/mol. The average Bonchev–Trinajstić information content (AvgIpc) is 2.52. The maximum atomic E-state index is 12.3. The Morgan fingerprint density at radius 3 is 2.76 bits per heavy atom. The zero-order valence-corrected chi connectivity index (χ0v) is 11.8. The van der Waals surface area contributed by atoms with Crippen LogP contribution in [0, 0.1) is 0 Å². The molecule has 2 rings (SSSR count). The van der Waals surface area contributed by atoms with Gasteiger partial charge in [-0.05, 0) is 18.4 Å². The molecule has 3 N–H and O–H groups in total. The van der Waals surface area contributed by atoms with Crippen LogP contribution in [0.5, 0.6) is 0 Å². The number of ether oxygens (including phenoxy) is 1.